The number of anilines is 1. The lowest BCUT2D eigenvalue weighted by atomic mass is 10.2. The number of hydrogen-bond acceptors (Lipinski definition) is 7. The molecule has 32 heavy (non-hydrogen) atoms. The largest absolute Gasteiger partial charge is 0.332 e. The van der Waals surface area contributed by atoms with Gasteiger partial charge in [-0.15, -0.1) is 10.2 Å². The minimum atomic E-state index is -0.333. The lowest BCUT2D eigenvalue weighted by molar-refractivity contribution is 0.0978. The van der Waals surface area contributed by atoms with Gasteiger partial charge in [-0.1, -0.05) is 17.7 Å². The van der Waals surface area contributed by atoms with E-state index in [9.17, 15) is 4.79 Å². The Morgan fingerprint density at radius 3 is 2.59 bits per heavy atom. The van der Waals surface area contributed by atoms with E-state index in [1.807, 2.05) is 37.3 Å². The Bertz CT molecular complexity index is 1510. The molecule has 0 fully saturated rings. The van der Waals surface area contributed by atoms with Gasteiger partial charge in [-0.3, -0.25) is 10.1 Å². The molecule has 0 radical (unpaired) electrons. The first-order valence-electron chi connectivity index (χ1n) is 9.44. The molecule has 11 heteroatoms. The van der Waals surface area contributed by atoms with Crippen LogP contribution in [0.15, 0.2) is 54.6 Å². The lowest BCUT2D eigenvalue weighted by Crippen LogP contribution is -2.34. The maximum atomic E-state index is 12.5. The van der Waals surface area contributed by atoms with Crippen molar-refractivity contribution in [2.45, 2.75) is 6.92 Å². The number of nitrogens with zero attached hydrogens (tertiary/aromatic N) is 5. The minimum Gasteiger partial charge on any atom is -0.332 e. The Kier molecular flexibility index (Phi) is 5.25. The highest BCUT2D eigenvalue weighted by Crippen LogP contribution is 2.21. The van der Waals surface area contributed by atoms with Crippen molar-refractivity contribution in [1.82, 2.24) is 29.1 Å². The third-order valence-corrected chi connectivity index (χ3v) is 5.94. The molecule has 0 saturated carbocycles. The predicted octanol–water partition coefficient (Wildman–Crippen LogP) is 4.51. The normalized spacial score (nSPS) is 11.1. The highest BCUT2D eigenvalue weighted by molar-refractivity contribution is 7.80. The summed E-state index contributed by atoms with van der Waals surface area (Å²) in [6.07, 6.45) is 0. The van der Waals surface area contributed by atoms with E-state index >= 15 is 0 Å². The molecular weight excluding hydrogens is 466 g/mol. The van der Waals surface area contributed by atoms with Gasteiger partial charge in [0.1, 0.15) is 22.1 Å². The van der Waals surface area contributed by atoms with Gasteiger partial charge in [0.15, 0.2) is 5.11 Å². The summed E-state index contributed by atoms with van der Waals surface area (Å²) in [7, 11) is 0. The van der Waals surface area contributed by atoms with E-state index in [4.69, 9.17) is 23.8 Å². The number of amides is 1. The molecule has 3 aromatic carbocycles. The van der Waals surface area contributed by atoms with Crippen LogP contribution < -0.4 is 10.6 Å². The quantitative estimate of drug-likeness (QED) is 0.367. The molecule has 2 heterocycles. The van der Waals surface area contributed by atoms with Gasteiger partial charge in [0.2, 0.25) is 0 Å². The van der Waals surface area contributed by atoms with Crippen molar-refractivity contribution < 1.29 is 4.79 Å². The Hall–Kier alpha value is -3.47. The molecule has 2 N–H and O–H groups in total. The molecular formula is C21H14ClN7OS2. The number of halogens is 1. The van der Waals surface area contributed by atoms with Crippen molar-refractivity contribution in [2.75, 3.05) is 5.32 Å². The molecule has 0 aliphatic carbocycles. The highest BCUT2D eigenvalue weighted by atomic mass is 35.5. The zero-order chi connectivity index (χ0) is 22.2. The molecule has 0 saturated heterocycles. The number of fused-ring (bicyclic) bond motifs is 2. The van der Waals surface area contributed by atoms with Gasteiger partial charge in [-0.2, -0.15) is 13.5 Å². The Morgan fingerprint density at radius 1 is 0.969 bits per heavy atom. The van der Waals surface area contributed by atoms with Crippen LogP contribution in [0.25, 0.3) is 27.8 Å². The molecule has 8 nitrogen and oxygen atoms in total. The monoisotopic (exact) mass is 479 g/mol. The average molecular weight is 480 g/mol. The summed E-state index contributed by atoms with van der Waals surface area (Å²) in [4.78, 5) is 14.0. The van der Waals surface area contributed by atoms with Gasteiger partial charge in [0.05, 0.1) is 17.4 Å². The Balaban J connectivity index is 1.31. The SMILES string of the molecule is Cc1ccc(-n2nc3ccc(NC(=S)NC(=O)c4ccc5nsnc5c4)cc3n2)cc1Cl. The number of aromatic nitrogens is 5. The summed E-state index contributed by atoms with van der Waals surface area (Å²) in [5.74, 6) is -0.333. The van der Waals surface area contributed by atoms with Crippen molar-refractivity contribution in [2.24, 2.45) is 0 Å². The number of rotatable bonds is 3. The standard InChI is InChI=1S/C21H14ClN7OS2/c1-11-2-5-14(10-15(11)22)29-25-16-7-4-13(9-18(16)26-29)23-21(31)24-20(30)12-3-6-17-19(8-12)28-32-27-17/h2-10H,1H3,(H2,23,24,30,31). The number of benzene rings is 3. The second-order valence-corrected chi connectivity index (χ2v) is 8.35. The van der Waals surface area contributed by atoms with Gasteiger partial charge >= 0.3 is 0 Å². The van der Waals surface area contributed by atoms with Gasteiger partial charge < -0.3 is 5.32 Å². The third kappa shape index (κ3) is 4.03. The van der Waals surface area contributed by atoms with E-state index in [-0.39, 0.29) is 11.0 Å². The first-order valence-corrected chi connectivity index (χ1v) is 11.0. The molecule has 5 aromatic rings. The summed E-state index contributed by atoms with van der Waals surface area (Å²) in [5, 5.41) is 15.5. The van der Waals surface area contributed by atoms with Crippen molar-refractivity contribution >= 4 is 74.3 Å². The third-order valence-electron chi connectivity index (χ3n) is 4.77. The van der Waals surface area contributed by atoms with Crippen LogP contribution in [0.4, 0.5) is 5.69 Å². The summed E-state index contributed by atoms with van der Waals surface area (Å²) in [6, 6.07) is 16.2. The van der Waals surface area contributed by atoms with Crippen molar-refractivity contribution in [3.8, 4) is 5.69 Å². The van der Waals surface area contributed by atoms with E-state index in [0.717, 1.165) is 28.5 Å². The molecule has 0 unspecified atom stereocenters. The van der Waals surface area contributed by atoms with E-state index in [0.29, 0.717) is 32.8 Å². The van der Waals surface area contributed by atoms with E-state index < -0.39 is 0 Å². The number of thiocarbonyl (C=S) groups is 1. The predicted molar refractivity (Wildman–Crippen MR) is 130 cm³/mol. The Labute approximate surface area is 196 Å². The Morgan fingerprint density at radius 2 is 1.75 bits per heavy atom. The topological polar surface area (TPSA) is 97.6 Å². The average Bonchev–Trinajstić information content (AvgIpc) is 3.41. The number of carbonyl (C=O) groups is 1. The summed E-state index contributed by atoms with van der Waals surface area (Å²) < 4.78 is 8.28. The lowest BCUT2D eigenvalue weighted by Gasteiger charge is -2.09. The highest BCUT2D eigenvalue weighted by Gasteiger charge is 2.12. The molecule has 0 spiro atoms. The smallest absolute Gasteiger partial charge is 0.257 e. The maximum absolute atomic E-state index is 12.5. The van der Waals surface area contributed by atoms with Crippen LogP contribution >= 0.6 is 35.5 Å². The minimum absolute atomic E-state index is 0.170. The number of aryl methyl sites for hydroxylation is 1. The molecule has 5 rings (SSSR count). The fraction of sp³-hybridized carbons (Fsp3) is 0.0476. The van der Waals surface area contributed by atoms with Gasteiger partial charge in [-0.05, 0) is 73.2 Å². The molecule has 0 aliphatic rings. The molecule has 158 valence electrons. The van der Waals surface area contributed by atoms with Crippen LogP contribution in [0.2, 0.25) is 5.02 Å². The van der Waals surface area contributed by atoms with E-state index in [2.05, 4.69) is 29.6 Å². The van der Waals surface area contributed by atoms with E-state index in [1.165, 1.54) is 4.80 Å². The fourth-order valence-electron chi connectivity index (χ4n) is 3.07. The number of nitrogens with one attached hydrogen (secondary N) is 2. The first-order chi connectivity index (χ1) is 15.5. The van der Waals surface area contributed by atoms with Crippen LogP contribution in [0.5, 0.6) is 0 Å². The fourth-order valence-corrected chi connectivity index (χ4v) is 3.98. The molecule has 2 aromatic heterocycles. The van der Waals surface area contributed by atoms with Gasteiger partial charge in [0, 0.05) is 16.3 Å². The first kappa shape index (κ1) is 20.4. The van der Waals surface area contributed by atoms with Crippen molar-refractivity contribution in [1.29, 1.82) is 0 Å². The van der Waals surface area contributed by atoms with Crippen LogP contribution in [-0.4, -0.2) is 34.8 Å². The van der Waals surface area contributed by atoms with E-state index in [1.54, 1.807) is 24.3 Å². The summed E-state index contributed by atoms with van der Waals surface area (Å²) >= 11 is 12.6. The number of carbonyl (C=O) groups excluding carboxylic acids is 1. The molecule has 1 amide bonds. The molecule has 0 atom stereocenters. The maximum Gasteiger partial charge on any atom is 0.257 e. The zero-order valence-corrected chi connectivity index (χ0v) is 18.9. The van der Waals surface area contributed by atoms with Crippen LogP contribution in [0.1, 0.15) is 15.9 Å². The van der Waals surface area contributed by atoms with Gasteiger partial charge in [-0.25, -0.2) is 0 Å². The van der Waals surface area contributed by atoms with Crippen molar-refractivity contribution in [3.63, 3.8) is 0 Å². The van der Waals surface area contributed by atoms with Crippen molar-refractivity contribution in [3.05, 3.63) is 70.7 Å². The molecule has 0 aliphatic heterocycles. The molecule has 0 bridgehead atoms. The van der Waals surface area contributed by atoms with Gasteiger partial charge in [0.25, 0.3) is 5.91 Å². The second-order valence-electron chi connectivity index (χ2n) is 7.00. The summed E-state index contributed by atoms with van der Waals surface area (Å²) in [5.41, 5.74) is 5.68. The van der Waals surface area contributed by atoms with Crippen LogP contribution in [-0.2, 0) is 0 Å². The second kappa shape index (κ2) is 8.23. The zero-order valence-electron chi connectivity index (χ0n) is 16.5. The van der Waals surface area contributed by atoms with Crippen LogP contribution in [0, 0.1) is 6.92 Å². The number of hydrogen-bond donors (Lipinski definition) is 2. The summed E-state index contributed by atoms with van der Waals surface area (Å²) in [6.45, 7) is 1.94. The van der Waals surface area contributed by atoms with Crippen LogP contribution in [0.3, 0.4) is 0 Å².